The second kappa shape index (κ2) is 6.00. The molecule has 1 amide bonds. The molecule has 1 N–H and O–H groups in total. The molecule has 0 unspecified atom stereocenters. The Bertz CT molecular complexity index is 570. The number of nitrogens with one attached hydrogen (secondary N) is 1. The minimum atomic E-state index is -0.593. The Labute approximate surface area is 111 Å². The molecule has 0 atom stereocenters. The highest BCUT2D eigenvalue weighted by molar-refractivity contribution is 5.97. The second-order valence-corrected chi connectivity index (χ2v) is 3.99. The highest BCUT2D eigenvalue weighted by atomic mass is 19.1. The highest BCUT2D eigenvalue weighted by Crippen LogP contribution is 2.20. The molecule has 2 aromatic carbocycles. The number of methoxy groups -OCH3 is 1. The van der Waals surface area contributed by atoms with Crippen molar-refractivity contribution in [1.82, 2.24) is 5.32 Å². The van der Waals surface area contributed by atoms with Crippen molar-refractivity contribution < 1.29 is 13.9 Å². The van der Waals surface area contributed by atoms with Crippen LogP contribution in [0.5, 0.6) is 5.75 Å². The molecule has 2 aromatic rings. The van der Waals surface area contributed by atoms with Gasteiger partial charge in [-0.15, -0.1) is 0 Å². The zero-order valence-corrected chi connectivity index (χ0v) is 10.5. The van der Waals surface area contributed by atoms with Crippen LogP contribution in [0.15, 0.2) is 48.5 Å². The summed E-state index contributed by atoms with van der Waals surface area (Å²) < 4.78 is 18.7. The molecule has 4 heteroatoms. The monoisotopic (exact) mass is 259 g/mol. The molecule has 3 nitrogen and oxygen atoms in total. The number of halogens is 1. The fourth-order valence-electron chi connectivity index (χ4n) is 1.76. The molecule has 2 rings (SSSR count). The third-order valence-corrected chi connectivity index (χ3v) is 2.72. The molecule has 0 aliphatic carbocycles. The summed E-state index contributed by atoms with van der Waals surface area (Å²) in [5.41, 5.74) is 0.882. The molecule has 98 valence electrons. The Morgan fingerprint density at radius 1 is 1.16 bits per heavy atom. The van der Waals surface area contributed by atoms with Gasteiger partial charge in [-0.2, -0.15) is 0 Å². The summed E-state index contributed by atoms with van der Waals surface area (Å²) in [7, 11) is 1.41. The molecule has 19 heavy (non-hydrogen) atoms. The lowest BCUT2D eigenvalue weighted by Crippen LogP contribution is -2.24. The van der Waals surface area contributed by atoms with E-state index in [2.05, 4.69) is 5.32 Å². The summed E-state index contributed by atoms with van der Waals surface area (Å²) >= 11 is 0. The standard InChI is InChI=1S/C15H14FNO2/c1-19-13-9-5-8-12(16)14(13)15(18)17-10-11-6-3-2-4-7-11/h2-9H,10H2,1H3,(H,17,18). The third-order valence-electron chi connectivity index (χ3n) is 2.72. The van der Waals surface area contributed by atoms with Crippen LogP contribution in [0.3, 0.4) is 0 Å². The van der Waals surface area contributed by atoms with E-state index in [1.807, 2.05) is 30.3 Å². The van der Waals surface area contributed by atoms with Crippen molar-refractivity contribution in [3.8, 4) is 5.75 Å². The van der Waals surface area contributed by atoms with Gasteiger partial charge in [-0.25, -0.2) is 4.39 Å². The van der Waals surface area contributed by atoms with Gasteiger partial charge in [0.25, 0.3) is 5.91 Å². The highest BCUT2D eigenvalue weighted by Gasteiger charge is 2.16. The maximum Gasteiger partial charge on any atom is 0.258 e. The number of rotatable bonds is 4. The van der Waals surface area contributed by atoms with Gasteiger partial charge in [-0.3, -0.25) is 4.79 Å². The van der Waals surface area contributed by atoms with Crippen LogP contribution in [0, 0.1) is 5.82 Å². The maximum absolute atomic E-state index is 13.7. The molecule has 0 aliphatic rings. The van der Waals surface area contributed by atoms with E-state index in [1.54, 1.807) is 6.07 Å². The van der Waals surface area contributed by atoms with Gasteiger partial charge in [0, 0.05) is 6.54 Å². The quantitative estimate of drug-likeness (QED) is 0.916. The summed E-state index contributed by atoms with van der Waals surface area (Å²) in [5.74, 6) is -0.853. The van der Waals surface area contributed by atoms with Crippen LogP contribution < -0.4 is 10.1 Å². The summed E-state index contributed by atoms with van der Waals surface area (Å²) in [6.07, 6.45) is 0. The fourth-order valence-corrected chi connectivity index (χ4v) is 1.76. The van der Waals surface area contributed by atoms with Gasteiger partial charge < -0.3 is 10.1 Å². The van der Waals surface area contributed by atoms with Crippen molar-refractivity contribution in [2.75, 3.05) is 7.11 Å². The van der Waals surface area contributed by atoms with E-state index in [1.165, 1.54) is 19.2 Å². The molecule has 0 heterocycles. The van der Waals surface area contributed by atoms with Gasteiger partial charge >= 0.3 is 0 Å². The average molecular weight is 259 g/mol. The Balaban J connectivity index is 2.12. The van der Waals surface area contributed by atoms with Crippen LogP contribution in [-0.4, -0.2) is 13.0 Å². The summed E-state index contributed by atoms with van der Waals surface area (Å²) in [5, 5.41) is 2.67. The molecule has 0 aliphatic heterocycles. The first kappa shape index (κ1) is 13.1. The van der Waals surface area contributed by atoms with Gasteiger partial charge in [0.05, 0.1) is 7.11 Å². The maximum atomic E-state index is 13.7. The zero-order valence-electron chi connectivity index (χ0n) is 10.5. The first-order valence-electron chi connectivity index (χ1n) is 5.87. The first-order valence-corrected chi connectivity index (χ1v) is 5.87. The smallest absolute Gasteiger partial charge is 0.258 e. The normalized spacial score (nSPS) is 10.0. The van der Waals surface area contributed by atoms with Crippen molar-refractivity contribution in [2.24, 2.45) is 0 Å². The molecule has 0 aromatic heterocycles. The van der Waals surface area contributed by atoms with Crippen molar-refractivity contribution in [3.05, 3.63) is 65.5 Å². The Morgan fingerprint density at radius 3 is 2.58 bits per heavy atom. The van der Waals surface area contributed by atoms with Gasteiger partial charge in [0.15, 0.2) is 0 Å². The minimum Gasteiger partial charge on any atom is -0.496 e. The molecule has 0 radical (unpaired) electrons. The van der Waals surface area contributed by atoms with E-state index in [4.69, 9.17) is 4.74 Å². The molecule has 0 spiro atoms. The number of amides is 1. The van der Waals surface area contributed by atoms with Crippen molar-refractivity contribution in [1.29, 1.82) is 0 Å². The predicted octanol–water partition coefficient (Wildman–Crippen LogP) is 2.76. The van der Waals surface area contributed by atoms with Crippen LogP contribution in [0.1, 0.15) is 15.9 Å². The largest absolute Gasteiger partial charge is 0.496 e. The first-order chi connectivity index (χ1) is 9.22. The van der Waals surface area contributed by atoms with Gasteiger partial charge in [0.2, 0.25) is 0 Å². The van der Waals surface area contributed by atoms with E-state index in [-0.39, 0.29) is 11.3 Å². The number of hydrogen-bond donors (Lipinski definition) is 1. The topological polar surface area (TPSA) is 38.3 Å². The van der Waals surface area contributed by atoms with E-state index in [9.17, 15) is 9.18 Å². The van der Waals surface area contributed by atoms with Crippen LogP contribution >= 0.6 is 0 Å². The molecule has 0 bridgehead atoms. The minimum absolute atomic E-state index is 0.0686. The summed E-state index contributed by atoms with van der Waals surface area (Å²) in [4.78, 5) is 12.0. The SMILES string of the molecule is COc1cccc(F)c1C(=O)NCc1ccccc1. The molecular formula is C15H14FNO2. The molecule has 0 saturated heterocycles. The number of hydrogen-bond acceptors (Lipinski definition) is 2. The molecule has 0 fully saturated rings. The van der Waals surface area contributed by atoms with Gasteiger partial charge in [0.1, 0.15) is 17.1 Å². The predicted molar refractivity (Wildman–Crippen MR) is 70.6 cm³/mol. The second-order valence-electron chi connectivity index (χ2n) is 3.99. The molecule has 0 saturated carbocycles. The van der Waals surface area contributed by atoms with Crippen molar-refractivity contribution >= 4 is 5.91 Å². The van der Waals surface area contributed by atoms with Gasteiger partial charge in [-0.1, -0.05) is 36.4 Å². The van der Waals surface area contributed by atoms with E-state index >= 15 is 0 Å². The third kappa shape index (κ3) is 3.10. The molecular weight excluding hydrogens is 245 g/mol. The number of benzene rings is 2. The Hall–Kier alpha value is -2.36. The number of ether oxygens (including phenoxy) is 1. The van der Waals surface area contributed by atoms with Crippen molar-refractivity contribution in [3.63, 3.8) is 0 Å². The number of carbonyl (C=O) groups excluding carboxylic acids is 1. The van der Waals surface area contributed by atoms with E-state index in [0.29, 0.717) is 6.54 Å². The fraction of sp³-hybridized carbons (Fsp3) is 0.133. The lowest BCUT2D eigenvalue weighted by atomic mass is 10.1. The summed E-state index contributed by atoms with van der Waals surface area (Å²) in [6.45, 7) is 0.344. The van der Waals surface area contributed by atoms with Crippen molar-refractivity contribution in [2.45, 2.75) is 6.54 Å². The van der Waals surface area contributed by atoms with E-state index < -0.39 is 11.7 Å². The van der Waals surface area contributed by atoms with Gasteiger partial charge in [-0.05, 0) is 17.7 Å². The Morgan fingerprint density at radius 2 is 1.89 bits per heavy atom. The zero-order chi connectivity index (χ0) is 13.7. The lowest BCUT2D eigenvalue weighted by molar-refractivity contribution is 0.0943. The van der Waals surface area contributed by atoms with Crippen LogP contribution in [0.2, 0.25) is 0 Å². The Kier molecular flexibility index (Phi) is 4.13. The van der Waals surface area contributed by atoms with Crippen LogP contribution in [-0.2, 0) is 6.54 Å². The van der Waals surface area contributed by atoms with Crippen LogP contribution in [0.4, 0.5) is 4.39 Å². The average Bonchev–Trinajstić information content (AvgIpc) is 2.45. The van der Waals surface area contributed by atoms with E-state index in [0.717, 1.165) is 5.56 Å². The van der Waals surface area contributed by atoms with Crippen LogP contribution in [0.25, 0.3) is 0 Å². The lowest BCUT2D eigenvalue weighted by Gasteiger charge is -2.10. The number of carbonyl (C=O) groups is 1. The summed E-state index contributed by atoms with van der Waals surface area (Å²) in [6, 6.07) is 13.7.